The summed E-state index contributed by atoms with van der Waals surface area (Å²) in [5.41, 5.74) is 1.19. The molecule has 2 rings (SSSR count). The zero-order chi connectivity index (χ0) is 12.5. The van der Waals surface area contributed by atoms with Crippen LogP contribution in [0, 0.1) is 0 Å². The van der Waals surface area contributed by atoms with Crippen molar-refractivity contribution in [2.24, 2.45) is 0 Å². The van der Waals surface area contributed by atoms with Gasteiger partial charge in [0.1, 0.15) is 0 Å². The highest BCUT2D eigenvalue weighted by Crippen LogP contribution is 2.31. The van der Waals surface area contributed by atoms with Crippen molar-refractivity contribution in [2.45, 2.75) is 3.79 Å². The van der Waals surface area contributed by atoms with Gasteiger partial charge in [-0.3, -0.25) is 4.79 Å². The molecule has 1 aromatic heterocycles. The molecule has 0 radical (unpaired) electrons. The van der Waals surface area contributed by atoms with Crippen LogP contribution in [0.15, 0.2) is 48.7 Å². The number of ketones is 1. The molecule has 0 fully saturated rings. The second-order valence-electron chi connectivity index (χ2n) is 3.43. The minimum absolute atomic E-state index is 0.344. The Balaban J connectivity index is 2.46. The Kier molecular flexibility index (Phi) is 3.48. The summed E-state index contributed by atoms with van der Waals surface area (Å²) in [7, 11) is 0. The van der Waals surface area contributed by atoms with E-state index in [1.54, 1.807) is 22.9 Å². The van der Waals surface area contributed by atoms with Crippen LogP contribution >= 0.6 is 34.8 Å². The summed E-state index contributed by atoms with van der Waals surface area (Å²) in [6.07, 6.45) is 1.75. The quantitative estimate of drug-likeness (QED) is 0.604. The van der Waals surface area contributed by atoms with E-state index in [0.29, 0.717) is 5.69 Å². The van der Waals surface area contributed by atoms with E-state index >= 15 is 0 Å². The number of Topliss-reactive ketones (excluding diaryl/α,β-unsaturated/α-hetero) is 1. The van der Waals surface area contributed by atoms with Crippen LogP contribution in [0.1, 0.15) is 10.5 Å². The molecule has 0 aliphatic rings. The molecular formula is C12H8Cl3NO. The number of halogens is 3. The van der Waals surface area contributed by atoms with Gasteiger partial charge in [0.2, 0.25) is 5.78 Å². The van der Waals surface area contributed by atoms with Gasteiger partial charge in [-0.15, -0.1) is 0 Å². The molecule has 0 saturated heterocycles. The molecule has 0 spiro atoms. The Bertz CT molecular complexity index is 528. The van der Waals surface area contributed by atoms with Crippen molar-refractivity contribution in [1.82, 2.24) is 4.57 Å². The summed E-state index contributed by atoms with van der Waals surface area (Å²) < 4.78 is -0.255. The first-order chi connectivity index (χ1) is 8.00. The second kappa shape index (κ2) is 4.73. The van der Waals surface area contributed by atoms with Gasteiger partial charge in [0, 0.05) is 11.9 Å². The second-order valence-corrected chi connectivity index (χ2v) is 5.71. The zero-order valence-electron chi connectivity index (χ0n) is 8.61. The number of alkyl halides is 3. The van der Waals surface area contributed by atoms with Crippen molar-refractivity contribution < 1.29 is 4.79 Å². The normalized spacial score (nSPS) is 11.5. The minimum atomic E-state index is -1.94. The summed E-state index contributed by atoms with van der Waals surface area (Å²) in [5, 5.41) is 0. The van der Waals surface area contributed by atoms with Crippen LogP contribution in [0.3, 0.4) is 0 Å². The maximum atomic E-state index is 11.9. The van der Waals surface area contributed by atoms with Crippen molar-refractivity contribution in [3.05, 3.63) is 54.4 Å². The SMILES string of the molecule is O=C(c1cccn1-c1ccccc1)C(Cl)(Cl)Cl. The van der Waals surface area contributed by atoms with Crippen LogP contribution < -0.4 is 0 Å². The number of hydrogen-bond acceptors (Lipinski definition) is 1. The highest BCUT2D eigenvalue weighted by atomic mass is 35.6. The summed E-state index contributed by atoms with van der Waals surface area (Å²) >= 11 is 16.8. The summed E-state index contributed by atoms with van der Waals surface area (Å²) in [6.45, 7) is 0. The lowest BCUT2D eigenvalue weighted by Gasteiger charge is -2.12. The van der Waals surface area contributed by atoms with Gasteiger partial charge >= 0.3 is 0 Å². The predicted molar refractivity (Wildman–Crippen MR) is 70.4 cm³/mol. The number of nitrogens with zero attached hydrogens (tertiary/aromatic N) is 1. The number of carbonyl (C=O) groups is 1. The van der Waals surface area contributed by atoms with Crippen LogP contribution in [0.5, 0.6) is 0 Å². The predicted octanol–water partition coefficient (Wildman–Crippen LogP) is 4.03. The van der Waals surface area contributed by atoms with Gasteiger partial charge in [0.05, 0.1) is 5.69 Å². The molecule has 0 N–H and O–H groups in total. The molecule has 0 atom stereocenters. The van der Waals surface area contributed by atoms with Gasteiger partial charge in [0.15, 0.2) is 0 Å². The molecule has 0 bridgehead atoms. The largest absolute Gasteiger partial charge is 0.314 e. The number of hydrogen-bond donors (Lipinski definition) is 0. The molecule has 1 heterocycles. The Labute approximate surface area is 114 Å². The number of aromatic nitrogens is 1. The maximum absolute atomic E-state index is 11.9. The molecule has 2 nitrogen and oxygen atoms in total. The van der Waals surface area contributed by atoms with Crippen LogP contribution in [0.25, 0.3) is 5.69 Å². The molecule has 17 heavy (non-hydrogen) atoms. The van der Waals surface area contributed by atoms with Crippen LogP contribution in [0.2, 0.25) is 0 Å². The fourth-order valence-corrected chi connectivity index (χ4v) is 1.82. The van der Waals surface area contributed by atoms with Gasteiger partial charge in [0.25, 0.3) is 3.79 Å². The Morgan fingerprint density at radius 2 is 1.65 bits per heavy atom. The van der Waals surface area contributed by atoms with E-state index < -0.39 is 9.58 Å². The van der Waals surface area contributed by atoms with Crippen molar-refractivity contribution >= 4 is 40.6 Å². The van der Waals surface area contributed by atoms with Crippen LogP contribution in [-0.4, -0.2) is 14.1 Å². The van der Waals surface area contributed by atoms with Gasteiger partial charge in [-0.05, 0) is 24.3 Å². The van der Waals surface area contributed by atoms with E-state index in [1.165, 1.54) is 0 Å². The summed E-state index contributed by atoms with van der Waals surface area (Å²) in [5.74, 6) is -0.545. The zero-order valence-corrected chi connectivity index (χ0v) is 10.9. The van der Waals surface area contributed by atoms with Crippen LogP contribution in [-0.2, 0) is 0 Å². The molecule has 1 aromatic carbocycles. The standard InChI is InChI=1S/C12H8Cl3NO/c13-12(14,15)11(17)10-7-4-8-16(10)9-5-2-1-3-6-9/h1-8H. The van der Waals surface area contributed by atoms with E-state index in [4.69, 9.17) is 34.8 Å². The average molecular weight is 289 g/mol. The van der Waals surface area contributed by atoms with Crippen molar-refractivity contribution in [3.8, 4) is 5.69 Å². The number of para-hydroxylation sites is 1. The molecule has 0 unspecified atom stereocenters. The van der Waals surface area contributed by atoms with Gasteiger partial charge in [-0.25, -0.2) is 0 Å². The molecule has 0 aliphatic carbocycles. The minimum Gasteiger partial charge on any atom is -0.314 e. The van der Waals surface area contributed by atoms with Gasteiger partial charge in [-0.2, -0.15) is 0 Å². The van der Waals surface area contributed by atoms with Crippen molar-refractivity contribution in [2.75, 3.05) is 0 Å². The molecule has 0 aliphatic heterocycles. The van der Waals surface area contributed by atoms with Gasteiger partial charge < -0.3 is 4.57 Å². The summed E-state index contributed by atoms with van der Waals surface area (Å²) in [4.78, 5) is 11.9. The van der Waals surface area contributed by atoms with E-state index in [9.17, 15) is 4.79 Å². The van der Waals surface area contributed by atoms with Crippen molar-refractivity contribution in [3.63, 3.8) is 0 Å². The molecule has 0 saturated carbocycles. The first kappa shape index (κ1) is 12.5. The third-order valence-electron chi connectivity index (χ3n) is 2.27. The average Bonchev–Trinajstić information content (AvgIpc) is 2.76. The highest BCUT2D eigenvalue weighted by molar-refractivity contribution is 6.77. The third-order valence-corrected chi connectivity index (χ3v) is 2.79. The third kappa shape index (κ3) is 2.65. The molecule has 0 amide bonds. The summed E-state index contributed by atoms with van der Waals surface area (Å²) in [6, 6.07) is 12.7. The first-order valence-electron chi connectivity index (χ1n) is 4.84. The number of benzene rings is 1. The topological polar surface area (TPSA) is 22.0 Å². The number of rotatable bonds is 2. The van der Waals surface area contributed by atoms with E-state index in [2.05, 4.69) is 0 Å². The monoisotopic (exact) mass is 287 g/mol. The molecule has 2 aromatic rings. The fraction of sp³-hybridized carbons (Fsp3) is 0.0833. The molecule has 88 valence electrons. The van der Waals surface area contributed by atoms with E-state index in [-0.39, 0.29) is 0 Å². The molecule has 5 heteroatoms. The highest BCUT2D eigenvalue weighted by Gasteiger charge is 2.33. The fourth-order valence-electron chi connectivity index (χ4n) is 1.52. The Hall–Kier alpha value is -0.960. The van der Waals surface area contributed by atoms with E-state index in [0.717, 1.165) is 5.69 Å². The lowest BCUT2D eigenvalue weighted by atomic mass is 10.2. The number of carbonyl (C=O) groups excluding carboxylic acids is 1. The lowest BCUT2D eigenvalue weighted by molar-refractivity contribution is 0.0990. The molecular weight excluding hydrogens is 280 g/mol. The Morgan fingerprint density at radius 3 is 2.24 bits per heavy atom. The Morgan fingerprint density at radius 1 is 1.00 bits per heavy atom. The first-order valence-corrected chi connectivity index (χ1v) is 5.98. The van der Waals surface area contributed by atoms with Gasteiger partial charge in [-0.1, -0.05) is 53.0 Å². The maximum Gasteiger partial charge on any atom is 0.255 e. The lowest BCUT2D eigenvalue weighted by Crippen LogP contribution is -2.21. The smallest absolute Gasteiger partial charge is 0.255 e. The van der Waals surface area contributed by atoms with Crippen LogP contribution in [0.4, 0.5) is 0 Å². The van der Waals surface area contributed by atoms with Crippen molar-refractivity contribution in [1.29, 1.82) is 0 Å². The van der Waals surface area contributed by atoms with E-state index in [1.807, 2.05) is 30.3 Å².